The van der Waals surface area contributed by atoms with Gasteiger partial charge in [-0.1, -0.05) is 67.3 Å². The summed E-state index contributed by atoms with van der Waals surface area (Å²) in [4.78, 5) is 43.0. The second-order valence-electron chi connectivity index (χ2n) is 14.2. The number of amides is 3. The van der Waals surface area contributed by atoms with Gasteiger partial charge in [-0.2, -0.15) is 0 Å². The molecule has 2 fully saturated rings. The Morgan fingerprint density at radius 3 is 2.30 bits per heavy atom. The molecule has 7 nitrogen and oxygen atoms in total. The number of hydrogen-bond donors (Lipinski definition) is 3. The summed E-state index contributed by atoms with van der Waals surface area (Å²) in [5, 5.41) is 10.5. The van der Waals surface area contributed by atoms with Gasteiger partial charge in [0.1, 0.15) is 0 Å². The highest BCUT2D eigenvalue weighted by molar-refractivity contribution is 6.30. The number of carbonyl (C=O) groups is 3. The maximum atomic E-state index is 13.8. The van der Waals surface area contributed by atoms with Gasteiger partial charge in [0.15, 0.2) is 0 Å². The van der Waals surface area contributed by atoms with E-state index in [0.29, 0.717) is 56.3 Å². The van der Waals surface area contributed by atoms with Crippen LogP contribution in [0.4, 0.5) is 0 Å². The van der Waals surface area contributed by atoms with Gasteiger partial charge in [-0.15, -0.1) is 0 Å². The van der Waals surface area contributed by atoms with E-state index in [1.807, 2.05) is 62.1 Å². The van der Waals surface area contributed by atoms with E-state index in [-0.39, 0.29) is 41.8 Å². The Kier molecular flexibility index (Phi) is 10.4. The van der Waals surface area contributed by atoms with E-state index in [4.69, 9.17) is 11.6 Å². The maximum absolute atomic E-state index is 13.8. The molecule has 5 rings (SSSR count). The minimum atomic E-state index is -0.426. The number of fused-ring (bicyclic) bond motifs is 1. The largest absolute Gasteiger partial charge is 0.351 e. The van der Waals surface area contributed by atoms with Crippen molar-refractivity contribution < 1.29 is 14.4 Å². The number of benzene rings is 2. The highest BCUT2D eigenvalue weighted by Crippen LogP contribution is 2.46. The summed E-state index contributed by atoms with van der Waals surface area (Å²) in [5.74, 6) is 0.458. The van der Waals surface area contributed by atoms with E-state index in [2.05, 4.69) is 28.1 Å². The lowest BCUT2D eigenvalue weighted by Crippen LogP contribution is -2.57. The summed E-state index contributed by atoms with van der Waals surface area (Å²) in [6.45, 7) is 7.89. The van der Waals surface area contributed by atoms with E-state index in [9.17, 15) is 14.4 Å². The third-order valence-electron chi connectivity index (χ3n) is 9.90. The van der Waals surface area contributed by atoms with Crippen LogP contribution in [0.3, 0.4) is 0 Å². The van der Waals surface area contributed by atoms with Gasteiger partial charge in [0, 0.05) is 42.7 Å². The number of nitrogens with zero attached hydrogens (tertiary/aromatic N) is 1. The smallest absolute Gasteiger partial charge is 0.237 e. The molecule has 1 saturated carbocycles. The molecule has 8 heteroatoms. The van der Waals surface area contributed by atoms with Gasteiger partial charge in [-0.25, -0.2) is 0 Å². The summed E-state index contributed by atoms with van der Waals surface area (Å²) in [6.07, 6.45) is 8.48. The van der Waals surface area contributed by atoms with Crippen LogP contribution in [-0.4, -0.2) is 53.3 Å². The minimum absolute atomic E-state index is 0.0275. The number of piperidine rings is 1. The third kappa shape index (κ3) is 8.02. The number of rotatable bonds is 8. The average Bonchev–Trinajstić information content (AvgIpc) is 3.01. The molecule has 0 bridgehead atoms. The van der Waals surface area contributed by atoms with Gasteiger partial charge in [0.05, 0.1) is 11.5 Å². The van der Waals surface area contributed by atoms with Crippen LogP contribution in [0.5, 0.6) is 0 Å². The van der Waals surface area contributed by atoms with Crippen molar-refractivity contribution in [3.63, 3.8) is 0 Å². The molecule has 0 spiro atoms. The van der Waals surface area contributed by atoms with Gasteiger partial charge in [0.25, 0.3) is 0 Å². The first-order valence-corrected chi connectivity index (χ1v) is 16.9. The van der Waals surface area contributed by atoms with E-state index in [0.717, 1.165) is 18.4 Å². The number of carbonyl (C=O) groups excluding carboxylic acids is 3. The van der Waals surface area contributed by atoms with Gasteiger partial charge < -0.3 is 20.9 Å². The van der Waals surface area contributed by atoms with Crippen molar-refractivity contribution >= 4 is 29.3 Å². The topological polar surface area (TPSA) is 90.5 Å². The molecule has 2 aliphatic heterocycles. The van der Waals surface area contributed by atoms with Gasteiger partial charge >= 0.3 is 0 Å². The van der Waals surface area contributed by atoms with Crippen molar-refractivity contribution in [1.29, 1.82) is 0 Å². The first-order chi connectivity index (χ1) is 21.0. The van der Waals surface area contributed by atoms with Gasteiger partial charge in [0.2, 0.25) is 17.7 Å². The third-order valence-corrected chi connectivity index (χ3v) is 10.1. The Morgan fingerprint density at radius 2 is 1.64 bits per heavy atom. The fourth-order valence-corrected chi connectivity index (χ4v) is 7.58. The molecule has 0 radical (unpaired) electrons. The second kappa shape index (κ2) is 14.0. The van der Waals surface area contributed by atoms with Crippen molar-refractivity contribution in [3.8, 4) is 0 Å². The molecule has 2 heterocycles. The second-order valence-corrected chi connectivity index (χ2v) is 14.7. The standard InChI is InChI=1S/C36H49ClN4O3/c1-35(2,3)40-34(44)36(28-11-5-4-6-12-28)17-19-41(20-18-36)32(42)23-30(21-25-13-15-29(37)16-14-25)39-33(43)31-22-26-9-7-8-10-27(26)24-38-31/h7-10,13-16,28,30-31,38H,4-6,11-12,17-24H2,1-3H3,(H,39,43)(H,40,44)/t30-,31+/m0/s1. The SMILES string of the molecule is CC(C)(C)NC(=O)C1(C2CCCCC2)CCN(C(=O)C[C@H](Cc2ccc(Cl)cc2)NC(=O)[C@H]2Cc3ccccc3CN2)CC1. The van der Waals surface area contributed by atoms with Crippen LogP contribution in [0.1, 0.15) is 88.8 Å². The highest BCUT2D eigenvalue weighted by Gasteiger charge is 2.48. The fourth-order valence-electron chi connectivity index (χ4n) is 7.46. The first kappa shape index (κ1) is 32.5. The average molecular weight is 621 g/mol. The summed E-state index contributed by atoms with van der Waals surface area (Å²) < 4.78 is 0. The van der Waals surface area contributed by atoms with Gasteiger partial charge in [-0.05, 0) is 94.0 Å². The molecule has 3 amide bonds. The molecule has 2 atom stereocenters. The Balaban J connectivity index is 1.26. The number of nitrogens with one attached hydrogen (secondary N) is 3. The molecule has 3 N–H and O–H groups in total. The quantitative estimate of drug-likeness (QED) is 0.360. The van der Waals surface area contributed by atoms with E-state index in [1.54, 1.807) is 0 Å². The van der Waals surface area contributed by atoms with Crippen molar-refractivity contribution in [2.45, 2.75) is 109 Å². The van der Waals surface area contributed by atoms with Crippen molar-refractivity contribution in [2.75, 3.05) is 13.1 Å². The summed E-state index contributed by atoms with van der Waals surface area (Å²) in [6, 6.07) is 15.1. The molecule has 238 valence electrons. The molecule has 0 unspecified atom stereocenters. The van der Waals surface area contributed by atoms with Crippen LogP contribution in [0.25, 0.3) is 0 Å². The zero-order valence-corrected chi connectivity index (χ0v) is 27.3. The molecule has 2 aromatic carbocycles. The predicted octanol–water partition coefficient (Wildman–Crippen LogP) is 5.58. The van der Waals surface area contributed by atoms with Crippen LogP contribution in [0.15, 0.2) is 48.5 Å². The van der Waals surface area contributed by atoms with Gasteiger partial charge in [-0.3, -0.25) is 14.4 Å². The predicted molar refractivity (Wildman–Crippen MR) is 175 cm³/mol. The van der Waals surface area contributed by atoms with Crippen LogP contribution in [0.2, 0.25) is 5.02 Å². The molecule has 2 aromatic rings. The lowest BCUT2D eigenvalue weighted by Gasteiger charge is -2.47. The number of likely N-dealkylation sites (tertiary alicyclic amines) is 1. The van der Waals surface area contributed by atoms with Crippen molar-refractivity contribution in [2.24, 2.45) is 11.3 Å². The normalized spacial score (nSPS) is 21.2. The molecule has 1 aliphatic carbocycles. The molecular weight excluding hydrogens is 572 g/mol. The van der Waals surface area contributed by atoms with Crippen LogP contribution >= 0.6 is 11.6 Å². The van der Waals surface area contributed by atoms with Crippen LogP contribution in [-0.2, 0) is 33.8 Å². The monoisotopic (exact) mass is 620 g/mol. The molecule has 3 aliphatic rings. The Labute approximate surface area is 267 Å². The zero-order chi connectivity index (χ0) is 31.3. The highest BCUT2D eigenvalue weighted by atomic mass is 35.5. The maximum Gasteiger partial charge on any atom is 0.237 e. The summed E-state index contributed by atoms with van der Waals surface area (Å²) >= 11 is 6.13. The zero-order valence-electron chi connectivity index (χ0n) is 26.6. The summed E-state index contributed by atoms with van der Waals surface area (Å²) in [5.41, 5.74) is 2.69. The van der Waals surface area contributed by atoms with Crippen LogP contribution in [0, 0.1) is 11.3 Å². The van der Waals surface area contributed by atoms with E-state index >= 15 is 0 Å². The Hall–Kier alpha value is -2.90. The lowest BCUT2D eigenvalue weighted by molar-refractivity contribution is -0.146. The van der Waals surface area contributed by atoms with Crippen LogP contribution < -0.4 is 16.0 Å². The number of hydrogen-bond acceptors (Lipinski definition) is 4. The first-order valence-electron chi connectivity index (χ1n) is 16.5. The fraction of sp³-hybridized carbons (Fsp3) is 0.583. The Bertz CT molecular complexity index is 1310. The molecular formula is C36H49ClN4O3. The lowest BCUT2D eigenvalue weighted by atomic mass is 9.63. The summed E-state index contributed by atoms with van der Waals surface area (Å²) in [7, 11) is 0. The minimum Gasteiger partial charge on any atom is -0.351 e. The van der Waals surface area contributed by atoms with E-state index in [1.165, 1.54) is 30.4 Å². The molecule has 44 heavy (non-hydrogen) atoms. The number of halogens is 1. The van der Waals surface area contributed by atoms with E-state index < -0.39 is 5.41 Å². The van der Waals surface area contributed by atoms with Crippen molar-refractivity contribution in [1.82, 2.24) is 20.9 Å². The Morgan fingerprint density at radius 1 is 0.977 bits per heavy atom. The molecule has 1 saturated heterocycles. The molecule has 0 aromatic heterocycles. The van der Waals surface area contributed by atoms with Crippen molar-refractivity contribution in [3.05, 3.63) is 70.2 Å².